The molecule has 0 atom stereocenters. The summed E-state index contributed by atoms with van der Waals surface area (Å²) in [7, 11) is 0. The molecule has 0 aromatic heterocycles. The van der Waals surface area contributed by atoms with Gasteiger partial charge >= 0.3 is 6.03 Å². The van der Waals surface area contributed by atoms with E-state index in [9.17, 15) is 14.4 Å². The van der Waals surface area contributed by atoms with Gasteiger partial charge in [0.1, 0.15) is 5.54 Å². The Hall–Kier alpha value is -2.28. The number of hydrogen-bond donors (Lipinski definition) is 3. The van der Waals surface area contributed by atoms with Crippen molar-refractivity contribution in [2.24, 2.45) is 0 Å². The van der Waals surface area contributed by atoms with Gasteiger partial charge in [0.25, 0.3) is 5.91 Å². The van der Waals surface area contributed by atoms with Crippen LogP contribution in [0.15, 0.2) is 18.2 Å². The monoisotopic (exact) mass is 366 g/mol. The fourth-order valence-electron chi connectivity index (χ4n) is 3.40. The third-order valence-corrected chi connectivity index (χ3v) is 4.80. The van der Waals surface area contributed by atoms with Crippen LogP contribution in [0, 0.1) is 6.92 Å². The largest absolute Gasteiger partial charge is 0.399 e. The Labute approximate surface area is 152 Å². The van der Waals surface area contributed by atoms with E-state index >= 15 is 0 Å². The lowest BCUT2D eigenvalue weighted by Gasteiger charge is -2.20. The van der Waals surface area contributed by atoms with E-state index in [2.05, 4.69) is 10.6 Å². The topological polar surface area (TPSA) is 105 Å². The Morgan fingerprint density at radius 2 is 2.00 bits per heavy atom. The minimum absolute atomic E-state index is 0. The van der Waals surface area contributed by atoms with Crippen LogP contribution in [0.2, 0.25) is 0 Å². The minimum atomic E-state index is -0.724. The summed E-state index contributed by atoms with van der Waals surface area (Å²) in [6.45, 7) is 1.95. The van der Waals surface area contributed by atoms with E-state index in [0.717, 1.165) is 23.3 Å². The van der Waals surface area contributed by atoms with Crippen LogP contribution in [0.4, 0.5) is 16.2 Å². The van der Waals surface area contributed by atoms with Crippen molar-refractivity contribution in [3.8, 4) is 0 Å². The van der Waals surface area contributed by atoms with Crippen molar-refractivity contribution >= 4 is 41.6 Å². The maximum Gasteiger partial charge on any atom is 0.325 e. The van der Waals surface area contributed by atoms with Gasteiger partial charge < -0.3 is 16.4 Å². The molecule has 2 aliphatic rings. The Balaban J connectivity index is 0.00000225. The highest BCUT2D eigenvalue weighted by molar-refractivity contribution is 6.07. The first-order valence-corrected chi connectivity index (χ1v) is 8.21. The van der Waals surface area contributed by atoms with Gasteiger partial charge in [0, 0.05) is 24.3 Å². The Kier molecular flexibility index (Phi) is 5.57. The lowest BCUT2D eigenvalue weighted by Crippen LogP contribution is -2.44. The highest BCUT2D eigenvalue weighted by atomic mass is 35.5. The molecule has 136 valence electrons. The highest BCUT2D eigenvalue weighted by Crippen LogP contribution is 2.35. The van der Waals surface area contributed by atoms with Crippen LogP contribution >= 0.6 is 12.4 Å². The van der Waals surface area contributed by atoms with Gasteiger partial charge in [0.15, 0.2) is 0 Å². The SMILES string of the molecule is Cc1ccc(N)cc1NC(=O)CCN1C(=O)NC2(CCCC2)C1=O.Cl. The van der Waals surface area contributed by atoms with E-state index in [1.165, 1.54) is 0 Å². The number of imide groups is 1. The van der Waals surface area contributed by atoms with Crippen LogP contribution in [-0.2, 0) is 9.59 Å². The maximum absolute atomic E-state index is 12.5. The van der Waals surface area contributed by atoms with Gasteiger partial charge in [-0.2, -0.15) is 0 Å². The number of carbonyl (C=O) groups excluding carboxylic acids is 3. The van der Waals surface area contributed by atoms with Gasteiger partial charge in [-0.05, 0) is 37.5 Å². The number of hydrogen-bond acceptors (Lipinski definition) is 4. The Morgan fingerprint density at radius 1 is 1.32 bits per heavy atom. The quantitative estimate of drug-likeness (QED) is 0.561. The highest BCUT2D eigenvalue weighted by Gasteiger charge is 2.52. The van der Waals surface area contributed by atoms with E-state index < -0.39 is 11.6 Å². The van der Waals surface area contributed by atoms with Gasteiger partial charge in [0.2, 0.25) is 5.91 Å². The number of nitrogen functional groups attached to an aromatic ring is 1. The van der Waals surface area contributed by atoms with Gasteiger partial charge in [-0.25, -0.2) is 4.79 Å². The number of urea groups is 1. The number of nitrogens with two attached hydrogens (primary N) is 1. The molecular formula is C17H23ClN4O3. The third-order valence-electron chi connectivity index (χ3n) is 4.80. The second kappa shape index (κ2) is 7.31. The summed E-state index contributed by atoms with van der Waals surface area (Å²) in [5.41, 5.74) is 7.10. The minimum Gasteiger partial charge on any atom is -0.399 e. The molecule has 1 aliphatic heterocycles. The van der Waals surface area contributed by atoms with Gasteiger partial charge in [-0.15, -0.1) is 12.4 Å². The van der Waals surface area contributed by atoms with Crippen LogP contribution in [0.1, 0.15) is 37.7 Å². The second-order valence-electron chi connectivity index (χ2n) is 6.55. The van der Waals surface area contributed by atoms with Crippen LogP contribution in [0.25, 0.3) is 0 Å². The number of aryl methyl sites for hydroxylation is 1. The maximum atomic E-state index is 12.5. The molecular weight excluding hydrogens is 344 g/mol. The summed E-state index contributed by atoms with van der Waals surface area (Å²) in [4.78, 5) is 37.9. The van der Waals surface area contributed by atoms with E-state index in [1.807, 2.05) is 13.0 Å². The summed E-state index contributed by atoms with van der Waals surface area (Å²) in [5.74, 6) is -0.449. The molecule has 8 heteroatoms. The van der Waals surface area contributed by atoms with Gasteiger partial charge in [-0.1, -0.05) is 18.9 Å². The first-order valence-electron chi connectivity index (χ1n) is 8.21. The Bertz CT molecular complexity index is 701. The molecule has 1 spiro atoms. The van der Waals surface area contributed by atoms with Crippen LogP contribution < -0.4 is 16.4 Å². The van der Waals surface area contributed by atoms with E-state index in [0.29, 0.717) is 24.2 Å². The standard InChI is InChI=1S/C17H22N4O3.ClH/c1-11-4-5-12(18)10-13(11)19-14(22)6-9-21-15(23)17(20-16(21)24)7-2-3-8-17;/h4-5,10H,2-3,6-9,18H2,1H3,(H,19,22)(H,20,24);1H. The van der Waals surface area contributed by atoms with Crippen LogP contribution in [0.5, 0.6) is 0 Å². The molecule has 2 fully saturated rings. The number of nitrogens with one attached hydrogen (secondary N) is 2. The van der Waals surface area contributed by atoms with Crippen molar-refractivity contribution in [2.75, 3.05) is 17.6 Å². The van der Waals surface area contributed by atoms with Gasteiger partial charge in [-0.3, -0.25) is 14.5 Å². The molecule has 3 rings (SSSR count). The number of amides is 4. The molecule has 0 bridgehead atoms. The molecule has 7 nitrogen and oxygen atoms in total. The molecule has 1 heterocycles. The molecule has 4 amide bonds. The van der Waals surface area contributed by atoms with Crippen molar-refractivity contribution in [3.63, 3.8) is 0 Å². The molecule has 1 aliphatic carbocycles. The zero-order chi connectivity index (χ0) is 17.3. The average Bonchev–Trinajstić information content (AvgIpc) is 3.08. The first-order chi connectivity index (χ1) is 11.4. The summed E-state index contributed by atoms with van der Waals surface area (Å²) in [5, 5.41) is 5.59. The lowest BCUT2D eigenvalue weighted by atomic mass is 9.98. The summed E-state index contributed by atoms with van der Waals surface area (Å²) in [6.07, 6.45) is 3.30. The number of carbonyl (C=O) groups is 3. The van der Waals surface area contributed by atoms with Gasteiger partial charge in [0.05, 0.1) is 0 Å². The number of nitrogens with zero attached hydrogens (tertiary/aromatic N) is 1. The van der Waals surface area contributed by atoms with Crippen molar-refractivity contribution in [2.45, 2.75) is 44.6 Å². The second-order valence-corrected chi connectivity index (χ2v) is 6.55. The fraction of sp³-hybridized carbons (Fsp3) is 0.471. The molecule has 4 N–H and O–H groups in total. The van der Waals surface area contributed by atoms with Crippen LogP contribution in [-0.4, -0.2) is 34.8 Å². The number of halogens is 1. The van der Waals surface area contributed by atoms with E-state index in [1.54, 1.807) is 12.1 Å². The zero-order valence-corrected chi connectivity index (χ0v) is 14.9. The summed E-state index contributed by atoms with van der Waals surface area (Å²) < 4.78 is 0. The molecule has 0 radical (unpaired) electrons. The fourth-order valence-corrected chi connectivity index (χ4v) is 3.40. The number of benzene rings is 1. The number of rotatable bonds is 4. The third kappa shape index (κ3) is 3.71. The zero-order valence-electron chi connectivity index (χ0n) is 14.1. The van der Waals surface area contributed by atoms with Crippen LogP contribution in [0.3, 0.4) is 0 Å². The van der Waals surface area contributed by atoms with E-state index in [4.69, 9.17) is 5.73 Å². The molecule has 1 saturated carbocycles. The van der Waals surface area contributed by atoms with E-state index in [-0.39, 0.29) is 37.2 Å². The smallest absolute Gasteiger partial charge is 0.325 e. The van der Waals surface area contributed by atoms with Crippen molar-refractivity contribution < 1.29 is 14.4 Å². The van der Waals surface area contributed by atoms with Crippen molar-refractivity contribution in [3.05, 3.63) is 23.8 Å². The predicted molar refractivity (Wildman–Crippen MR) is 97.5 cm³/mol. The molecule has 1 aromatic rings. The average molecular weight is 367 g/mol. The first kappa shape index (κ1) is 19.1. The molecule has 25 heavy (non-hydrogen) atoms. The Morgan fingerprint density at radius 3 is 2.68 bits per heavy atom. The molecule has 0 unspecified atom stereocenters. The summed E-state index contributed by atoms with van der Waals surface area (Å²) in [6, 6.07) is 4.88. The normalized spacial score (nSPS) is 18.2. The lowest BCUT2D eigenvalue weighted by molar-refractivity contribution is -0.131. The predicted octanol–water partition coefficient (Wildman–Crippen LogP) is 2.19. The van der Waals surface area contributed by atoms with Crippen molar-refractivity contribution in [1.82, 2.24) is 10.2 Å². The molecule has 1 aromatic carbocycles. The summed E-state index contributed by atoms with van der Waals surface area (Å²) >= 11 is 0. The molecule has 1 saturated heterocycles. The number of anilines is 2. The van der Waals surface area contributed by atoms with Crippen molar-refractivity contribution in [1.29, 1.82) is 0 Å².